The summed E-state index contributed by atoms with van der Waals surface area (Å²) >= 11 is 0. The quantitative estimate of drug-likeness (QED) is 0.851. The molecule has 1 aliphatic rings. The first kappa shape index (κ1) is 17.3. The number of aromatic nitrogens is 1. The van der Waals surface area contributed by atoms with Gasteiger partial charge in [-0.25, -0.2) is 0 Å². The van der Waals surface area contributed by atoms with E-state index in [0.29, 0.717) is 18.4 Å². The molecule has 0 bridgehead atoms. The van der Waals surface area contributed by atoms with Crippen LogP contribution in [0.15, 0.2) is 24.4 Å². The maximum Gasteiger partial charge on any atom is 0.119 e. The van der Waals surface area contributed by atoms with Crippen LogP contribution in [0.2, 0.25) is 0 Å². The van der Waals surface area contributed by atoms with E-state index < -0.39 is 0 Å². The summed E-state index contributed by atoms with van der Waals surface area (Å²) in [5.74, 6) is 2.74. The molecule has 3 rings (SSSR count). The average Bonchev–Trinajstić information content (AvgIpc) is 2.99. The van der Waals surface area contributed by atoms with Crippen LogP contribution in [0, 0.1) is 11.8 Å². The van der Waals surface area contributed by atoms with E-state index in [4.69, 9.17) is 10.5 Å². The highest BCUT2D eigenvalue weighted by atomic mass is 16.5. The van der Waals surface area contributed by atoms with Crippen LogP contribution in [-0.2, 0) is 0 Å². The van der Waals surface area contributed by atoms with E-state index in [0.717, 1.165) is 11.7 Å². The third-order valence-electron chi connectivity index (χ3n) is 5.40. The SMILES string of the molecule is COc1ccc2[nH]cc(C(CN)C3CCN(CC(C)C)CC3)c2c1. The number of benzene rings is 1. The van der Waals surface area contributed by atoms with Gasteiger partial charge in [0, 0.05) is 29.6 Å². The van der Waals surface area contributed by atoms with Gasteiger partial charge in [-0.2, -0.15) is 0 Å². The van der Waals surface area contributed by atoms with Crippen molar-refractivity contribution in [3.63, 3.8) is 0 Å². The molecule has 1 aromatic heterocycles. The van der Waals surface area contributed by atoms with Crippen LogP contribution < -0.4 is 10.5 Å². The molecule has 0 aliphatic carbocycles. The van der Waals surface area contributed by atoms with Crippen LogP contribution in [0.3, 0.4) is 0 Å². The smallest absolute Gasteiger partial charge is 0.119 e. The van der Waals surface area contributed by atoms with Gasteiger partial charge in [0.1, 0.15) is 5.75 Å². The van der Waals surface area contributed by atoms with Crippen molar-refractivity contribution in [1.82, 2.24) is 9.88 Å². The lowest BCUT2D eigenvalue weighted by Crippen LogP contribution is -2.38. The van der Waals surface area contributed by atoms with E-state index in [1.807, 2.05) is 6.07 Å². The number of rotatable bonds is 6. The molecule has 0 spiro atoms. The highest BCUT2D eigenvalue weighted by Crippen LogP contribution is 2.36. The molecule has 3 N–H and O–H groups in total. The van der Waals surface area contributed by atoms with Gasteiger partial charge in [0.15, 0.2) is 0 Å². The molecule has 2 heterocycles. The molecule has 132 valence electrons. The van der Waals surface area contributed by atoms with E-state index in [9.17, 15) is 0 Å². The molecule has 1 aromatic carbocycles. The van der Waals surface area contributed by atoms with Gasteiger partial charge in [-0.05, 0) is 68.1 Å². The third-order valence-corrected chi connectivity index (χ3v) is 5.40. The highest BCUT2D eigenvalue weighted by Gasteiger charge is 2.28. The van der Waals surface area contributed by atoms with Crippen molar-refractivity contribution < 1.29 is 4.74 Å². The molecule has 0 saturated carbocycles. The van der Waals surface area contributed by atoms with E-state index in [-0.39, 0.29) is 0 Å². The molecule has 1 saturated heterocycles. The van der Waals surface area contributed by atoms with E-state index >= 15 is 0 Å². The Labute approximate surface area is 145 Å². The van der Waals surface area contributed by atoms with Crippen molar-refractivity contribution in [2.75, 3.05) is 33.3 Å². The fraction of sp³-hybridized carbons (Fsp3) is 0.600. The van der Waals surface area contributed by atoms with Crippen molar-refractivity contribution in [1.29, 1.82) is 0 Å². The van der Waals surface area contributed by atoms with Crippen LogP contribution in [0.25, 0.3) is 10.9 Å². The molecule has 1 unspecified atom stereocenters. The number of fused-ring (bicyclic) bond motifs is 1. The second-order valence-corrected chi connectivity index (χ2v) is 7.53. The second-order valence-electron chi connectivity index (χ2n) is 7.53. The molecular formula is C20H31N3O. The monoisotopic (exact) mass is 329 g/mol. The first-order chi connectivity index (χ1) is 11.6. The summed E-state index contributed by atoms with van der Waals surface area (Å²) in [4.78, 5) is 6.01. The Bertz CT molecular complexity index is 656. The summed E-state index contributed by atoms with van der Waals surface area (Å²) in [6, 6.07) is 6.23. The third kappa shape index (κ3) is 3.60. The fourth-order valence-corrected chi connectivity index (χ4v) is 4.18. The van der Waals surface area contributed by atoms with Crippen LogP contribution in [-0.4, -0.2) is 43.2 Å². The second kappa shape index (κ2) is 7.58. The van der Waals surface area contributed by atoms with Crippen molar-refractivity contribution in [3.8, 4) is 5.75 Å². The van der Waals surface area contributed by atoms with E-state index in [2.05, 4.69) is 42.1 Å². The summed E-state index contributed by atoms with van der Waals surface area (Å²) in [7, 11) is 1.72. The van der Waals surface area contributed by atoms with Gasteiger partial charge >= 0.3 is 0 Å². The Kier molecular flexibility index (Phi) is 5.47. The van der Waals surface area contributed by atoms with Crippen LogP contribution in [0.5, 0.6) is 5.75 Å². The molecule has 0 radical (unpaired) electrons. The minimum atomic E-state index is 0.423. The van der Waals surface area contributed by atoms with E-state index in [1.165, 1.54) is 48.9 Å². The van der Waals surface area contributed by atoms with Gasteiger partial charge in [0.05, 0.1) is 7.11 Å². The predicted octanol–water partition coefficient (Wildman–Crippen LogP) is 3.59. The number of aromatic amines is 1. The topological polar surface area (TPSA) is 54.3 Å². The molecule has 4 nitrogen and oxygen atoms in total. The maximum atomic E-state index is 6.21. The van der Waals surface area contributed by atoms with Gasteiger partial charge in [-0.3, -0.25) is 0 Å². The molecule has 1 aliphatic heterocycles. The van der Waals surface area contributed by atoms with Gasteiger partial charge < -0.3 is 20.4 Å². The minimum Gasteiger partial charge on any atom is -0.497 e. The number of likely N-dealkylation sites (tertiary alicyclic amines) is 1. The average molecular weight is 329 g/mol. The predicted molar refractivity (Wildman–Crippen MR) is 101 cm³/mol. The van der Waals surface area contributed by atoms with Crippen molar-refractivity contribution in [2.24, 2.45) is 17.6 Å². The van der Waals surface area contributed by atoms with E-state index in [1.54, 1.807) is 7.11 Å². The lowest BCUT2D eigenvalue weighted by atomic mass is 9.80. The zero-order chi connectivity index (χ0) is 17.1. The normalized spacial score (nSPS) is 18.4. The fourth-order valence-electron chi connectivity index (χ4n) is 4.18. The van der Waals surface area contributed by atoms with Gasteiger partial charge in [-0.1, -0.05) is 13.8 Å². The zero-order valence-corrected chi connectivity index (χ0v) is 15.2. The number of H-pyrrole nitrogens is 1. The number of ether oxygens (including phenoxy) is 1. The van der Waals surface area contributed by atoms with Crippen molar-refractivity contribution in [3.05, 3.63) is 30.0 Å². The Balaban J connectivity index is 1.77. The van der Waals surface area contributed by atoms with Crippen LogP contribution >= 0.6 is 0 Å². The number of nitrogens with two attached hydrogens (primary N) is 1. The number of hydrogen-bond donors (Lipinski definition) is 2. The summed E-state index contributed by atoms with van der Waals surface area (Å²) in [6.45, 7) is 8.92. The summed E-state index contributed by atoms with van der Waals surface area (Å²) in [6.07, 6.45) is 4.64. The van der Waals surface area contributed by atoms with Crippen molar-refractivity contribution in [2.45, 2.75) is 32.6 Å². The number of hydrogen-bond acceptors (Lipinski definition) is 3. The summed E-state index contributed by atoms with van der Waals surface area (Å²) < 4.78 is 5.40. The molecule has 24 heavy (non-hydrogen) atoms. The largest absolute Gasteiger partial charge is 0.497 e. The summed E-state index contributed by atoms with van der Waals surface area (Å²) in [5.41, 5.74) is 8.74. The Morgan fingerprint density at radius 1 is 1.29 bits per heavy atom. The molecule has 1 fully saturated rings. The molecular weight excluding hydrogens is 298 g/mol. The summed E-state index contributed by atoms with van der Waals surface area (Å²) in [5, 5.41) is 1.26. The number of piperidine rings is 1. The Morgan fingerprint density at radius 3 is 2.67 bits per heavy atom. The first-order valence-electron chi connectivity index (χ1n) is 9.19. The molecule has 2 aromatic rings. The molecule has 1 atom stereocenters. The number of nitrogens with one attached hydrogen (secondary N) is 1. The van der Waals surface area contributed by atoms with Gasteiger partial charge in [0.25, 0.3) is 0 Å². The molecule has 4 heteroatoms. The Hall–Kier alpha value is -1.52. The van der Waals surface area contributed by atoms with Crippen LogP contribution in [0.1, 0.15) is 38.2 Å². The lowest BCUT2D eigenvalue weighted by molar-refractivity contribution is 0.155. The van der Waals surface area contributed by atoms with Crippen molar-refractivity contribution >= 4 is 10.9 Å². The lowest BCUT2D eigenvalue weighted by Gasteiger charge is -2.36. The number of nitrogens with zero attached hydrogens (tertiary/aromatic N) is 1. The molecule has 0 amide bonds. The standard InChI is InChI=1S/C20H31N3O/c1-14(2)13-23-8-6-15(7-9-23)18(11-21)19-12-22-20-5-4-16(24-3)10-17(19)20/h4-5,10,12,14-15,18,22H,6-9,11,13,21H2,1-3H3. The zero-order valence-electron chi connectivity index (χ0n) is 15.2. The number of methoxy groups -OCH3 is 1. The van der Waals surface area contributed by atoms with Crippen LogP contribution in [0.4, 0.5) is 0 Å². The highest BCUT2D eigenvalue weighted by molar-refractivity contribution is 5.85. The first-order valence-corrected chi connectivity index (χ1v) is 9.19. The van der Waals surface area contributed by atoms with Gasteiger partial charge in [-0.15, -0.1) is 0 Å². The Morgan fingerprint density at radius 2 is 2.04 bits per heavy atom. The minimum absolute atomic E-state index is 0.423. The van der Waals surface area contributed by atoms with Gasteiger partial charge in [0.2, 0.25) is 0 Å². The maximum absolute atomic E-state index is 6.21.